The molecule has 1 fully saturated rings. The van der Waals surface area contributed by atoms with Gasteiger partial charge < -0.3 is 15.0 Å². The lowest BCUT2D eigenvalue weighted by Gasteiger charge is -2.37. The zero-order chi connectivity index (χ0) is 26.3. The Morgan fingerprint density at radius 2 is 2.11 bits per heavy atom. The summed E-state index contributed by atoms with van der Waals surface area (Å²) in [5.74, 6) is -0.169. The number of hydrogen-bond acceptors (Lipinski definition) is 5. The molecule has 2 unspecified atom stereocenters. The highest BCUT2D eigenvalue weighted by Crippen LogP contribution is 2.33. The summed E-state index contributed by atoms with van der Waals surface area (Å²) in [5.41, 5.74) is 4.57. The molecule has 2 aromatic carbocycles. The number of rotatable bonds is 5. The van der Waals surface area contributed by atoms with Gasteiger partial charge in [0.1, 0.15) is 11.8 Å². The molecule has 0 spiro atoms. The zero-order valence-electron chi connectivity index (χ0n) is 21.1. The first-order chi connectivity index (χ1) is 18.4. The molecule has 0 aliphatic heterocycles. The molecule has 1 amide bonds. The van der Waals surface area contributed by atoms with Gasteiger partial charge in [0, 0.05) is 51.5 Å². The van der Waals surface area contributed by atoms with Gasteiger partial charge in [0.05, 0.1) is 23.2 Å². The average molecular weight is 505 g/mol. The largest absolute Gasteiger partial charge is 0.388 e. The molecule has 0 saturated heterocycles. The normalized spacial score (nSPS) is 19.4. The van der Waals surface area contributed by atoms with Crippen LogP contribution in [-0.4, -0.2) is 42.4 Å². The first kappa shape index (κ1) is 23.9. The molecule has 5 aromatic rings. The van der Waals surface area contributed by atoms with Gasteiger partial charge in [-0.15, -0.1) is 0 Å². The first-order valence-electron chi connectivity index (χ1n) is 12.8. The van der Waals surface area contributed by atoms with Crippen molar-refractivity contribution in [3.8, 4) is 17.3 Å². The van der Waals surface area contributed by atoms with E-state index in [2.05, 4.69) is 26.6 Å². The molecule has 6 rings (SSSR count). The highest BCUT2D eigenvalue weighted by Gasteiger charge is 2.36. The zero-order valence-corrected chi connectivity index (χ0v) is 21.1. The Kier molecular flexibility index (Phi) is 5.93. The van der Waals surface area contributed by atoms with Gasteiger partial charge in [-0.2, -0.15) is 10.4 Å². The molecular formula is C30H28N6O2. The van der Waals surface area contributed by atoms with E-state index in [4.69, 9.17) is 0 Å². The van der Waals surface area contributed by atoms with Crippen LogP contribution in [0.25, 0.3) is 33.1 Å². The van der Waals surface area contributed by atoms with Gasteiger partial charge in [0.25, 0.3) is 5.91 Å². The Morgan fingerprint density at radius 3 is 2.95 bits per heavy atom. The van der Waals surface area contributed by atoms with Crippen LogP contribution in [0.2, 0.25) is 0 Å². The van der Waals surface area contributed by atoms with Crippen molar-refractivity contribution >= 4 is 27.7 Å². The summed E-state index contributed by atoms with van der Waals surface area (Å²) in [5, 5.41) is 33.5. The van der Waals surface area contributed by atoms with Gasteiger partial charge in [-0.3, -0.25) is 14.9 Å². The number of pyridine rings is 1. The summed E-state index contributed by atoms with van der Waals surface area (Å²) in [7, 11) is 0. The molecule has 3 aromatic heterocycles. The number of aliphatic hydroxyl groups is 1. The second-order valence-electron chi connectivity index (χ2n) is 10.3. The Balaban J connectivity index is 1.21. The number of carbonyl (C=O) groups excluding carboxylic acids is 1. The quantitative estimate of drug-likeness (QED) is 0.316. The fourth-order valence-corrected chi connectivity index (χ4v) is 5.73. The minimum Gasteiger partial charge on any atom is -0.388 e. The number of amides is 1. The molecule has 190 valence electrons. The standard InChI is InChI=1S/C30H28N6O2/c1-19-13-20(10-12-32-19)28-25-14-21(8-9-26(25)34-35-28)29(37)33-23-5-4-11-30(38,15-23)18-36-17-22(16-31)24-6-2-3-7-27(24)36/h2-3,6-10,12-14,17,23,38H,4-5,11,15,18H2,1H3,(H,33,37)(H,34,35). The van der Waals surface area contributed by atoms with Crippen LogP contribution in [0.1, 0.15) is 47.3 Å². The minimum atomic E-state index is -0.981. The Hall–Kier alpha value is -4.48. The van der Waals surface area contributed by atoms with E-state index in [9.17, 15) is 15.2 Å². The van der Waals surface area contributed by atoms with Crippen molar-refractivity contribution in [1.29, 1.82) is 5.26 Å². The average Bonchev–Trinajstić information content (AvgIpc) is 3.49. The summed E-state index contributed by atoms with van der Waals surface area (Å²) < 4.78 is 1.97. The summed E-state index contributed by atoms with van der Waals surface area (Å²) in [4.78, 5) is 17.6. The molecule has 1 aliphatic rings. The molecule has 8 nitrogen and oxygen atoms in total. The third-order valence-electron chi connectivity index (χ3n) is 7.53. The van der Waals surface area contributed by atoms with Gasteiger partial charge in [-0.25, -0.2) is 0 Å². The maximum absolute atomic E-state index is 13.3. The predicted molar refractivity (Wildman–Crippen MR) is 145 cm³/mol. The Labute approximate surface area is 219 Å². The van der Waals surface area contributed by atoms with Gasteiger partial charge in [0.15, 0.2) is 0 Å². The number of nitrogens with zero attached hydrogens (tertiary/aromatic N) is 4. The third-order valence-corrected chi connectivity index (χ3v) is 7.53. The third kappa shape index (κ3) is 4.42. The Bertz CT molecular complexity index is 1710. The van der Waals surface area contributed by atoms with Crippen LogP contribution < -0.4 is 5.32 Å². The van der Waals surface area contributed by atoms with E-state index in [0.29, 0.717) is 30.5 Å². The summed E-state index contributed by atoms with van der Waals surface area (Å²) in [6.07, 6.45) is 6.26. The summed E-state index contributed by atoms with van der Waals surface area (Å²) >= 11 is 0. The lowest BCUT2D eigenvalue weighted by atomic mass is 9.81. The first-order valence-corrected chi connectivity index (χ1v) is 12.8. The van der Waals surface area contributed by atoms with Crippen LogP contribution in [0.4, 0.5) is 0 Å². The number of aromatic nitrogens is 4. The SMILES string of the molecule is Cc1cc(-c2n[nH]c3ccc(C(=O)NC4CCCC(O)(Cn5cc(C#N)c6ccccc65)C4)cc23)ccn1. The summed E-state index contributed by atoms with van der Waals surface area (Å²) in [6, 6.07) is 19.3. The van der Waals surface area contributed by atoms with Crippen molar-refractivity contribution in [2.45, 2.75) is 50.8 Å². The van der Waals surface area contributed by atoms with E-state index in [-0.39, 0.29) is 11.9 Å². The lowest BCUT2D eigenvalue weighted by molar-refractivity contribution is -0.0202. The molecular weight excluding hydrogens is 476 g/mol. The van der Waals surface area contributed by atoms with Crippen molar-refractivity contribution in [2.24, 2.45) is 0 Å². The number of aromatic amines is 1. The monoisotopic (exact) mass is 504 g/mol. The molecule has 38 heavy (non-hydrogen) atoms. The molecule has 1 saturated carbocycles. The van der Waals surface area contributed by atoms with Crippen LogP contribution in [0.5, 0.6) is 0 Å². The molecule has 8 heteroatoms. The van der Waals surface area contributed by atoms with Crippen molar-refractivity contribution in [1.82, 2.24) is 25.1 Å². The Morgan fingerprint density at radius 1 is 1.24 bits per heavy atom. The van der Waals surface area contributed by atoms with Crippen molar-refractivity contribution < 1.29 is 9.90 Å². The highest BCUT2D eigenvalue weighted by atomic mass is 16.3. The second kappa shape index (κ2) is 9.43. The molecule has 0 radical (unpaired) electrons. The van der Waals surface area contributed by atoms with Gasteiger partial charge in [-0.1, -0.05) is 18.2 Å². The summed E-state index contributed by atoms with van der Waals surface area (Å²) in [6.45, 7) is 2.31. The van der Waals surface area contributed by atoms with Crippen molar-refractivity contribution in [3.63, 3.8) is 0 Å². The molecule has 1 aliphatic carbocycles. The van der Waals surface area contributed by atoms with Crippen LogP contribution in [0.15, 0.2) is 67.0 Å². The smallest absolute Gasteiger partial charge is 0.251 e. The molecule has 3 heterocycles. The molecule has 2 atom stereocenters. The van der Waals surface area contributed by atoms with Crippen LogP contribution in [-0.2, 0) is 6.54 Å². The maximum Gasteiger partial charge on any atom is 0.251 e. The highest BCUT2D eigenvalue weighted by molar-refractivity contribution is 6.01. The van der Waals surface area contributed by atoms with Crippen molar-refractivity contribution in [3.05, 3.63) is 83.8 Å². The fourth-order valence-electron chi connectivity index (χ4n) is 5.73. The number of H-pyrrole nitrogens is 1. The number of hydrogen-bond donors (Lipinski definition) is 3. The number of nitrogens with one attached hydrogen (secondary N) is 2. The van der Waals surface area contributed by atoms with Crippen LogP contribution >= 0.6 is 0 Å². The lowest BCUT2D eigenvalue weighted by Crippen LogP contribution is -2.47. The van der Waals surface area contributed by atoms with Gasteiger partial charge in [-0.05, 0) is 69.0 Å². The molecule has 0 bridgehead atoms. The van der Waals surface area contributed by atoms with E-state index < -0.39 is 5.60 Å². The van der Waals surface area contributed by atoms with Gasteiger partial charge in [0.2, 0.25) is 0 Å². The van der Waals surface area contributed by atoms with E-state index in [1.807, 2.05) is 66.2 Å². The fraction of sp³-hybridized carbons (Fsp3) is 0.267. The topological polar surface area (TPSA) is 120 Å². The number of benzene rings is 2. The van der Waals surface area contributed by atoms with E-state index >= 15 is 0 Å². The van der Waals surface area contributed by atoms with Crippen LogP contribution in [0, 0.1) is 18.3 Å². The number of aryl methyl sites for hydroxylation is 1. The van der Waals surface area contributed by atoms with Gasteiger partial charge >= 0.3 is 0 Å². The maximum atomic E-state index is 13.3. The van der Waals surface area contributed by atoms with E-state index in [1.165, 1.54) is 0 Å². The number of para-hydroxylation sites is 1. The van der Waals surface area contributed by atoms with E-state index in [0.717, 1.165) is 51.6 Å². The number of carbonyl (C=O) groups is 1. The number of nitriles is 1. The predicted octanol–water partition coefficient (Wildman–Crippen LogP) is 4.86. The minimum absolute atomic E-state index is 0.152. The van der Waals surface area contributed by atoms with E-state index in [1.54, 1.807) is 12.3 Å². The second-order valence-corrected chi connectivity index (χ2v) is 10.3. The van der Waals surface area contributed by atoms with Crippen molar-refractivity contribution in [2.75, 3.05) is 0 Å². The number of fused-ring (bicyclic) bond motifs is 2. The molecule has 3 N–H and O–H groups in total. The van der Waals surface area contributed by atoms with Crippen LogP contribution in [0.3, 0.4) is 0 Å².